The fraction of sp³-hybridized carbons (Fsp3) is 0.333. The zero-order valence-electron chi connectivity index (χ0n) is 11.1. The number of nitrogens with two attached hydrogens (primary N) is 1. The zero-order valence-corrected chi connectivity index (χ0v) is 11.1. The molecule has 1 aromatic carbocycles. The Balaban J connectivity index is 1.92. The number of carboxylic acid groups (broad SMARTS) is 1. The normalized spacial score (nSPS) is 20.9. The lowest BCUT2D eigenvalue weighted by molar-refractivity contribution is -0.140. The maximum Gasteiger partial charge on any atom is 0.310 e. The number of carbonyl (C=O) groups excluding carboxylic acids is 1. The molecule has 5 heteroatoms. The monoisotopic (exact) mass is 274 g/mol. The van der Waals surface area contributed by atoms with Crippen LogP contribution in [0.2, 0.25) is 0 Å². The molecule has 0 bridgehead atoms. The van der Waals surface area contributed by atoms with E-state index in [-0.39, 0.29) is 11.9 Å². The topological polar surface area (TPSA) is 92.4 Å². The second-order valence-corrected chi connectivity index (χ2v) is 4.88. The van der Waals surface area contributed by atoms with Crippen molar-refractivity contribution in [3.63, 3.8) is 0 Å². The van der Waals surface area contributed by atoms with Crippen LogP contribution in [0.5, 0.6) is 0 Å². The van der Waals surface area contributed by atoms with E-state index in [1.807, 2.05) is 12.1 Å². The minimum atomic E-state index is -0.857. The highest BCUT2D eigenvalue weighted by Gasteiger charge is 2.25. The van der Waals surface area contributed by atoms with Gasteiger partial charge in [-0.1, -0.05) is 24.3 Å². The molecule has 2 rings (SSSR count). The minimum Gasteiger partial charge on any atom is -0.481 e. The van der Waals surface area contributed by atoms with E-state index >= 15 is 0 Å². The first kappa shape index (κ1) is 14.3. The van der Waals surface area contributed by atoms with Crippen LogP contribution in [-0.4, -0.2) is 29.6 Å². The van der Waals surface area contributed by atoms with Crippen LogP contribution in [0.3, 0.4) is 0 Å². The van der Waals surface area contributed by atoms with Gasteiger partial charge in [-0.2, -0.15) is 0 Å². The van der Waals surface area contributed by atoms with Gasteiger partial charge < -0.3 is 16.2 Å². The Hall–Kier alpha value is -2.14. The predicted molar refractivity (Wildman–Crippen MR) is 75.3 cm³/mol. The van der Waals surface area contributed by atoms with Crippen molar-refractivity contribution < 1.29 is 14.7 Å². The van der Waals surface area contributed by atoms with Gasteiger partial charge in [0.15, 0.2) is 0 Å². The van der Waals surface area contributed by atoms with Crippen molar-refractivity contribution in [1.29, 1.82) is 0 Å². The first-order valence-electron chi connectivity index (χ1n) is 6.61. The summed E-state index contributed by atoms with van der Waals surface area (Å²) < 4.78 is 0. The molecule has 20 heavy (non-hydrogen) atoms. The van der Waals surface area contributed by atoms with Crippen LogP contribution in [0, 0.1) is 5.92 Å². The van der Waals surface area contributed by atoms with Gasteiger partial charge in [0.1, 0.15) is 0 Å². The van der Waals surface area contributed by atoms with Gasteiger partial charge in [0.2, 0.25) is 0 Å². The van der Waals surface area contributed by atoms with E-state index in [9.17, 15) is 9.59 Å². The number of carbonyl (C=O) groups is 2. The number of hydrogen-bond acceptors (Lipinski definition) is 3. The van der Waals surface area contributed by atoms with Crippen molar-refractivity contribution in [3.8, 4) is 0 Å². The molecule has 0 spiro atoms. The first-order valence-corrected chi connectivity index (χ1v) is 6.61. The highest BCUT2D eigenvalue weighted by atomic mass is 16.4. The smallest absolute Gasteiger partial charge is 0.310 e. The second kappa shape index (κ2) is 6.34. The van der Waals surface area contributed by atoms with E-state index in [1.165, 1.54) is 0 Å². The summed E-state index contributed by atoms with van der Waals surface area (Å²) in [5.41, 5.74) is 7.13. The Labute approximate surface area is 117 Å². The molecule has 0 aromatic heterocycles. The van der Waals surface area contributed by atoms with Crippen LogP contribution < -0.4 is 11.1 Å². The SMILES string of the molecule is NCCc1ccc(C(=O)NC2C=CC(C(=O)O)C2)cc1. The van der Waals surface area contributed by atoms with Crippen LogP contribution in [0.1, 0.15) is 22.3 Å². The summed E-state index contributed by atoms with van der Waals surface area (Å²) in [6.07, 6.45) is 4.55. The molecule has 2 unspecified atom stereocenters. The Bertz CT molecular complexity index is 522. The van der Waals surface area contributed by atoms with Crippen molar-refractivity contribution >= 4 is 11.9 Å². The third kappa shape index (κ3) is 3.45. The van der Waals surface area contributed by atoms with Gasteiger partial charge in [-0.15, -0.1) is 0 Å². The average Bonchev–Trinajstić information content (AvgIpc) is 2.88. The Kier molecular flexibility index (Phi) is 4.53. The Morgan fingerprint density at radius 1 is 1.25 bits per heavy atom. The maximum atomic E-state index is 12.0. The molecule has 0 saturated heterocycles. The summed E-state index contributed by atoms with van der Waals surface area (Å²) in [5, 5.41) is 11.7. The van der Waals surface area contributed by atoms with Crippen molar-refractivity contribution in [2.75, 3.05) is 6.54 Å². The predicted octanol–water partition coefficient (Wildman–Crippen LogP) is 0.947. The lowest BCUT2D eigenvalue weighted by atomic mass is 10.1. The molecular weight excluding hydrogens is 256 g/mol. The Morgan fingerprint density at radius 2 is 1.95 bits per heavy atom. The molecule has 0 saturated carbocycles. The van der Waals surface area contributed by atoms with Crippen LogP contribution in [0.4, 0.5) is 0 Å². The molecule has 1 aliphatic carbocycles. The van der Waals surface area contributed by atoms with E-state index in [1.54, 1.807) is 24.3 Å². The number of nitrogens with one attached hydrogen (secondary N) is 1. The summed E-state index contributed by atoms with van der Waals surface area (Å²) in [6.45, 7) is 0.578. The number of aliphatic carboxylic acids is 1. The van der Waals surface area contributed by atoms with Crippen LogP contribution in [-0.2, 0) is 11.2 Å². The van der Waals surface area contributed by atoms with E-state index in [0.717, 1.165) is 12.0 Å². The number of amides is 1. The molecule has 0 radical (unpaired) electrons. The molecule has 1 amide bonds. The summed E-state index contributed by atoms with van der Waals surface area (Å²) >= 11 is 0. The summed E-state index contributed by atoms with van der Waals surface area (Å²) in [7, 11) is 0. The highest BCUT2D eigenvalue weighted by molar-refractivity contribution is 5.94. The molecule has 4 N–H and O–H groups in total. The van der Waals surface area contributed by atoms with Crippen LogP contribution in [0.15, 0.2) is 36.4 Å². The van der Waals surface area contributed by atoms with Gasteiger partial charge in [0.25, 0.3) is 5.91 Å². The molecule has 0 heterocycles. The number of benzene rings is 1. The van der Waals surface area contributed by atoms with Crippen molar-refractivity contribution in [2.24, 2.45) is 11.7 Å². The molecule has 0 aliphatic heterocycles. The Morgan fingerprint density at radius 3 is 2.50 bits per heavy atom. The molecule has 2 atom stereocenters. The molecule has 1 aliphatic rings. The summed E-state index contributed by atoms with van der Waals surface area (Å²) in [5.74, 6) is -1.55. The summed E-state index contributed by atoms with van der Waals surface area (Å²) in [6, 6.07) is 7.06. The van der Waals surface area contributed by atoms with Crippen LogP contribution >= 0.6 is 0 Å². The third-order valence-electron chi connectivity index (χ3n) is 3.37. The van der Waals surface area contributed by atoms with Crippen LogP contribution in [0.25, 0.3) is 0 Å². The highest BCUT2D eigenvalue weighted by Crippen LogP contribution is 2.18. The van der Waals surface area contributed by atoms with E-state index in [0.29, 0.717) is 18.5 Å². The largest absolute Gasteiger partial charge is 0.481 e. The molecule has 5 nitrogen and oxygen atoms in total. The van der Waals surface area contributed by atoms with E-state index < -0.39 is 11.9 Å². The van der Waals surface area contributed by atoms with Crippen molar-refractivity contribution in [1.82, 2.24) is 5.32 Å². The fourth-order valence-corrected chi connectivity index (χ4v) is 2.23. The van der Waals surface area contributed by atoms with Gasteiger partial charge >= 0.3 is 5.97 Å². The van der Waals surface area contributed by atoms with Gasteiger partial charge in [-0.25, -0.2) is 0 Å². The van der Waals surface area contributed by atoms with E-state index in [4.69, 9.17) is 10.8 Å². The number of rotatable bonds is 5. The quantitative estimate of drug-likeness (QED) is 0.697. The molecular formula is C15H18N2O3. The minimum absolute atomic E-state index is 0.190. The number of hydrogen-bond donors (Lipinski definition) is 3. The lowest BCUT2D eigenvalue weighted by Gasteiger charge is -2.12. The summed E-state index contributed by atoms with van der Waals surface area (Å²) in [4.78, 5) is 22.9. The third-order valence-corrected chi connectivity index (χ3v) is 3.37. The van der Waals surface area contributed by atoms with Gasteiger partial charge in [-0.3, -0.25) is 9.59 Å². The zero-order chi connectivity index (χ0) is 14.5. The first-order chi connectivity index (χ1) is 9.60. The molecule has 1 aromatic rings. The van der Waals surface area contributed by atoms with Gasteiger partial charge in [-0.05, 0) is 37.1 Å². The van der Waals surface area contributed by atoms with Gasteiger partial charge in [0.05, 0.1) is 5.92 Å². The maximum absolute atomic E-state index is 12.0. The second-order valence-electron chi connectivity index (χ2n) is 4.88. The van der Waals surface area contributed by atoms with Crippen molar-refractivity contribution in [3.05, 3.63) is 47.5 Å². The number of carboxylic acids is 1. The van der Waals surface area contributed by atoms with Crippen molar-refractivity contribution in [2.45, 2.75) is 18.9 Å². The lowest BCUT2D eigenvalue weighted by Crippen LogP contribution is -2.33. The van der Waals surface area contributed by atoms with Gasteiger partial charge in [0, 0.05) is 11.6 Å². The molecule has 106 valence electrons. The average molecular weight is 274 g/mol. The standard InChI is InChI=1S/C15H18N2O3/c16-8-7-10-1-3-11(4-2-10)14(18)17-13-6-5-12(9-13)15(19)20/h1-6,12-13H,7-9,16H2,(H,17,18)(H,19,20). The van der Waals surface area contributed by atoms with E-state index in [2.05, 4.69) is 5.32 Å². The molecule has 0 fully saturated rings. The fourth-order valence-electron chi connectivity index (χ4n) is 2.23.